The van der Waals surface area contributed by atoms with Crippen LogP contribution in [0.25, 0.3) is 0 Å². The number of rotatable bonds is 7. The molecule has 4 bridgehead atoms. The van der Waals surface area contributed by atoms with Crippen LogP contribution in [0.4, 0.5) is 0 Å². The monoisotopic (exact) mass is 490 g/mol. The summed E-state index contributed by atoms with van der Waals surface area (Å²) in [7, 11) is 0. The molecule has 7 aliphatic rings. The highest BCUT2D eigenvalue weighted by Crippen LogP contribution is 2.66. The molecule has 0 aromatic heterocycles. The minimum Gasteiger partial charge on any atom is -0.497 e. The quantitative estimate of drug-likeness (QED) is 0.353. The number of hydrogen-bond acceptors (Lipinski definition) is 3. The van der Waals surface area contributed by atoms with E-state index >= 15 is 0 Å². The van der Waals surface area contributed by atoms with E-state index in [4.69, 9.17) is 14.2 Å². The lowest BCUT2D eigenvalue weighted by atomic mass is 9.48. The molecule has 3 aromatic rings. The fourth-order valence-corrected chi connectivity index (χ4v) is 7.16. The molecule has 1 fully saturated rings. The summed E-state index contributed by atoms with van der Waals surface area (Å²) in [5.74, 6) is 2.68. The van der Waals surface area contributed by atoms with Crippen LogP contribution in [0.2, 0.25) is 0 Å². The fraction of sp³-hybridized carbons (Fsp3) is 0.353. The number of ether oxygens (including phenoxy) is 3. The maximum atomic E-state index is 6.77. The molecule has 10 rings (SSSR count). The van der Waals surface area contributed by atoms with Crippen LogP contribution >= 0.6 is 0 Å². The van der Waals surface area contributed by atoms with Crippen LogP contribution in [0.3, 0.4) is 0 Å². The van der Waals surface area contributed by atoms with E-state index in [2.05, 4.69) is 105 Å². The van der Waals surface area contributed by atoms with Crippen LogP contribution in [0.1, 0.15) is 54.0 Å². The molecule has 6 aliphatic carbocycles. The summed E-state index contributed by atoms with van der Waals surface area (Å²) in [5.41, 5.74) is 6.05. The van der Waals surface area contributed by atoms with Crippen molar-refractivity contribution in [3.63, 3.8) is 0 Å². The molecule has 0 unspecified atom stereocenters. The topological polar surface area (TPSA) is 27.7 Å². The van der Waals surface area contributed by atoms with Crippen molar-refractivity contribution in [3.05, 3.63) is 130 Å². The van der Waals surface area contributed by atoms with Crippen molar-refractivity contribution in [1.29, 1.82) is 0 Å². The Morgan fingerprint density at radius 1 is 0.784 bits per heavy atom. The summed E-state index contributed by atoms with van der Waals surface area (Å²) in [5, 5.41) is 0. The van der Waals surface area contributed by atoms with Crippen molar-refractivity contribution in [2.45, 2.75) is 38.2 Å². The first-order chi connectivity index (χ1) is 18.2. The second-order valence-electron chi connectivity index (χ2n) is 11.3. The second kappa shape index (κ2) is 8.63. The van der Waals surface area contributed by atoms with E-state index in [-0.39, 0.29) is 22.7 Å². The number of benzene rings is 3. The van der Waals surface area contributed by atoms with E-state index < -0.39 is 0 Å². The lowest BCUT2D eigenvalue weighted by molar-refractivity contribution is 0.0864. The van der Waals surface area contributed by atoms with Crippen molar-refractivity contribution in [2.75, 3.05) is 19.8 Å². The highest BCUT2D eigenvalue weighted by Gasteiger charge is 2.64. The Hall–Kier alpha value is -3.30. The van der Waals surface area contributed by atoms with Crippen LogP contribution in [-0.2, 0) is 26.2 Å². The third-order valence-electron chi connectivity index (χ3n) is 9.19. The van der Waals surface area contributed by atoms with Crippen molar-refractivity contribution in [3.8, 4) is 0 Å². The summed E-state index contributed by atoms with van der Waals surface area (Å²) in [6.07, 6.45) is 5.92. The van der Waals surface area contributed by atoms with Crippen molar-refractivity contribution in [2.24, 2.45) is 17.3 Å². The first kappa shape index (κ1) is 22.9. The van der Waals surface area contributed by atoms with E-state index in [1.807, 2.05) is 0 Å². The normalized spacial score (nSPS) is 29.2. The molecular formula is C34H34O3. The van der Waals surface area contributed by atoms with Gasteiger partial charge in [0.05, 0.1) is 36.6 Å². The molecule has 0 radical (unpaired) electrons. The maximum Gasteiger partial charge on any atom is 0.113 e. The van der Waals surface area contributed by atoms with Crippen molar-refractivity contribution in [1.82, 2.24) is 0 Å². The number of hydrogen-bond donors (Lipinski definition) is 0. The maximum absolute atomic E-state index is 6.77. The summed E-state index contributed by atoms with van der Waals surface area (Å²) in [6, 6.07) is 28.5. The zero-order valence-electron chi connectivity index (χ0n) is 21.7. The molecule has 3 nitrogen and oxygen atoms in total. The minimum absolute atomic E-state index is 0.0143. The van der Waals surface area contributed by atoms with Gasteiger partial charge in [0.2, 0.25) is 0 Å². The van der Waals surface area contributed by atoms with Gasteiger partial charge in [-0.25, -0.2) is 0 Å². The van der Waals surface area contributed by atoms with Crippen LogP contribution in [0.5, 0.6) is 0 Å². The Balaban J connectivity index is 1.45. The fourth-order valence-electron chi connectivity index (χ4n) is 7.16. The smallest absolute Gasteiger partial charge is 0.113 e. The van der Waals surface area contributed by atoms with Crippen LogP contribution < -0.4 is 0 Å². The first-order valence-electron chi connectivity index (χ1n) is 13.7. The molecule has 0 saturated carbocycles. The molecule has 188 valence electrons. The van der Waals surface area contributed by atoms with Gasteiger partial charge in [0.1, 0.15) is 18.1 Å². The Kier molecular flexibility index (Phi) is 5.33. The first-order valence-corrected chi connectivity index (χ1v) is 13.7. The summed E-state index contributed by atoms with van der Waals surface area (Å²) in [6.45, 7) is 7.01. The molecular weight excluding hydrogens is 456 g/mol. The van der Waals surface area contributed by atoms with Crippen LogP contribution in [0.15, 0.2) is 103 Å². The predicted molar refractivity (Wildman–Crippen MR) is 145 cm³/mol. The average molecular weight is 491 g/mol. The molecule has 2 spiro atoms. The molecule has 1 saturated heterocycles. The van der Waals surface area contributed by atoms with E-state index in [0.29, 0.717) is 32.3 Å². The largest absolute Gasteiger partial charge is 0.497 e. The van der Waals surface area contributed by atoms with E-state index in [0.717, 1.165) is 17.9 Å². The highest BCUT2D eigenvalue weighted by atomic mass is 16.5. The van der Waals surface area contributed by atoms with Gasteiger partial charge in [-0.15, -0.1) is 0 Å². The van der Waals surface area contributed by atoms with Crippen LogP contribution in [0, 0.1) is 17.3 Å². The molecule has 1 heterocycles. The highest BCUT2D eigenvalue weighted by molar-refractivity contribution is 5.65. The lowest BCUT2D eigenvalue weighted by Crippen LogP contribution is -2.52. The van der Waals surface area contributed by atoms with Gasteiger partial charge < -0.3 is 14.2 Å². The van der Waals surface area contributed by atoms with Gasteiger partial charge in [0, 0.05) is 5.92 Å². The van der Waals surface area contributed by atoms with Gasteiger partial charge in [-0.05, 0) is 45.9 Å². The van der Waals surface area contributed by atoms with Gasteiger partial charge in [0.15, 0.2) is 0 Å². The SMILES string of the molecule is CC[C@H](C)COC1=C[C@]23C=C(OCc4ccccc4)[C@H]1C1c4ccccc4C2(COC3)c2ccccc21. The Labute approximate surface area is 219 Å². The van der Waals surface area contributed by atoms with E-state index in [1.54, 1.807) is 0 Å². The van der Waals surface area contributed by atoms with E-state index in [9.17, 15) is 0 Å². The van der Waals surface area contributed by atoms with Gasteiger partial charge >= 0.3 is 0 Å². The minimum atomic E-state index is -0.377. The second-order valence-corrected chi connectivity index (χ2v) is 11.3. The molecule has 0 N–H and O–H groups in total. The summed E-state index contributed by atoms with van der Waals surface area (Å²) < 4.78 is 20.0. The van der Waals surface area contributed by atoms with Crippen LogP contribution in [-0.4, -0.2) is 19.8 Å². The third kappa shape index (κ3) is 3.23. The Bertz CT molecular complexity index is 1340. The zero-order chi connectivity index (χ0) is 25.0. The van der Waals surface area contributed by atoms with Gasteiger partial charge in [0.25, 0.3) is 0 Å². The Morgan fingerprint density at radius 2 is 1.41 bits per heavy atom. The average Bonchev–Trinajstić information content (AvgIpc) is 3.26. The van der Waals surface area contributed by atoms with Gasteiger partial charge in [-0.1, -0.05) is 99.1 Å². The third-order valence-corrected chi connectivity index (χ3v) is 9.19. The molecule has 0 amide bonds. The van der Waals surface area contributed by atoms with Gasteiger partial charge in [-0.3, -0.25) is 0 Å². The van der Waals surface area contributed by atoms with Gasteiger partial charge in [-0.2, -0.15) is 0 Å². The molecule has 1 aliphatic heterocycles. The summed E-state index contributed by atoms with van der Waals surface area (Å²) >= 11 is 0. The lowest BCUT2D eigenvalue weighted by Gasteiger charge is -2.54. The standard InChI is InChI=1S/C34H34O3/c1-3-23(2)19-36-29-17-33-18-30(37-20-24-11-5-4-6-12-24)32(29)31-25-13-7-9-15-27(25)34(33,22-35-21-33)28-16-10-8-14-26(28)31/h4-18,23,31-32H,3,19-22H2,1-2H3/t23-,31?,32-,33+,34?/m0/s1. The molecule has 37 heavy (non-hydrogen) atoms. The van der Waals surface area contributed by atoms with E-state index in [1.165, 1.54) is 27.8 Å². The summed E-state index contributed by atoms with van der Waals surface area (Å²) in [4.78, 5) is 0. The molecule has 3 atom stereocenters. The zero-order valence-corrected chi connectivity index (χ0v) is 21.7. The van der Waals surface area contributed by atoms with Crippen molar-refractivity contribution < 1.29 is 14.2 Å². The molecule has 3 aromatic carbocycles. The molecule has 3 heteroatoms. The predicted octanol–water partition coefficient (Wildman–Crippen LogP) is 7.13. The van der Waals surface area contributed by atoms with Crippen molar-refractivity contribution >= 4 is 0 Å². The Morgan fingerprint density at radius 3 is 2.08 bits per heavy atom.